The minimum absolute atomic E-state index is 0.0338. The van der Waals surface area contributed by atoms with Gasteiger partial charge in [0.05, 0.1) is 29.4 Å². The Morgan fingerprint density at radius 3 is 2.50 bits per heavy atom. The fourth-order valence-corrected chi connectivity index (χ4v) is 4.74. The highest BCUT2D eigenvalue weighted by atomic mass is 32.2. The van der Waals surface area contributed by atoms with E-state index in [1.165, 1.54) is 0 Å². The highest BCUT2D eigenvalue weighted by molar-refractivity contribution is 7.91. The molecule has 6 nitrogen and oxygen atoms in total. The van der Waals surface area contributed by atoms with E-state index in [1.807, 2.05) is 66.5 Å². The minimum Gasteiger partial charge on any atom is -0.374 e. The van der Waals surface area contributed by atoms with E-state index in [4.69, 9.17) is 0 Å². The summed E-state index contributed by atoms with van der Waals surface area (Å²) in [4.78, 5) is 14.2. The third-order valence-electron chi connectivity index (χ3n) is 4.45. The van der Waals surface area contributed by atoms with E-state index in [-0.39, 0.29) is 30.0 Å². The van der Waals surface area contributed by atoms with Crippen LogP contribution in [0, 0.1) is 0 Å². The van der Waals surface area contributed by atoms with E-state index in [2.05, 4.69) is 10.6 Å². The summed E-state index contributed by atoms with van der Waals surface area (Å²) in [6.07, 6.45) is 0.488. The van der Waals surface area contributed by atoms with Gasteiger partial charge in [-0.15, -0.1) is 0 Å². The first-order valence-corrected chi connectivity index (χ1v) is 10.4. The molecule has 1 heterocycles. The summed E-state index contributed by atoms with van der Waals surface area (Å²) in [7, 11) is -1.03. The van der Waals surface area contributed by atoms with Gasteiger partial charge in [0.1, 0.15) is 0 Å². The van der Waals surface area contributed by atoms with Crippen LogP contribution in [0.5, 0.6) is 0 Å². The van der Waals surface area contributed by atoms with Crippen LogP contribution in [0.4, 0.5) is 17.1 Å². The summed E-state index contributed by atoms with van der Waals surface area (Å²) < 4.78 is 23.0. The molecule has 2 N–H and O–H groups in total. The summed E-state index contributed by atoms with van der Waals surface area (Å²) in [5.41, 5.74) is 2.84. The topological polar surface area (TPSA) is 78.5 Å². The molecule has 7 heteroatoms. The van der Waals surface area contributed by atoms with Gasteiger partial charge < -0.3 is 15.5 Å². The maximum absolute atomic E-state index is 12.2. The Bertz CT molecular complexity index is 869. The average Bonchev–Trinajstić information content (AvgIpc) is 2.98. The van der Waals surface area contributed by atoms with Gasteiger partial charge in [0.25, 0.3) is 0 Å². The lowest BCUT2D eigenvalue weighted by atomic mass is 10.2. The molecule has 1 aliphatic rings. The van der Waals surface area contributed by atoms with E-state index in [9.17, 15) is 13.2 Å². The van der Waals surface area contributed by atoms with E-state index < -0.39 is 9.84 Å². The first kappa shape index (κ1) is 18.3. The quantitative estimate of drug-likeness (QED) is 0.811. The third-order valence-corrected chi connectivity index (χ3v) is 6.21. The van der Waals surface area contributed by atoms with Crippen LogP contribution in [0.25, 0.3) is 0 Å². The Kier molecular flexibility index (Phi) is 5.46. The van der Waals surface area contributed by atoms with Crippen molar-refractivity contribution in [2.24, 2.45) is 0 Å². The number of carbonyl (C=O) groups is 1. The van der Waals surface area contributed by atoms with Gasteiger partial charge >= 0.3 is 0 Å². The first-order valence-electron chi connectivity index (χ1n) is 8.56. The molecule has 2 aromatic rings. The Morgan fingerprint density at radius 1 is 1.12 bits per heavy atom. The Labute approximate surface area is 154 Å². The summed E-state index contributed by atoms with van der Waals surface area (Å²) in [6, 6.07) is 17.4. The Morgan fingerprint density at radius 2 is 1.81 bits per heavy atom. The summed E-state index contributed by atoms with van der Waals surface area (Å²) in [5.74, 6) is -0.0217. The highest BCUT2D eigenvalue weighted by Gasteiger charge is 2.28. The molecule has 26 heavy (non-hydrogen) atoms. The number of hydrogen-bond acceptors (Lipinski definition) is 5. The molecule has 1 atom stereocenters. The molecule has 0 radical (unpaired) electrons. The molecular formula is C19H23N3O3S. The number of sulfone groups is 1. The van der Waals surface area contributed by atoms with Gasteiger partial charge in [-0.25, -0.2) is 8.42 Å². The SMILES string of the molecule is CN(c1ccccc1)c1ccccc1NCC(=O)N[C@@H]1CCS(=O)(=O)C1. The predicted octanol–water partition coefficient (Wildman–Crippen LogP) is 2.17. The van der Waals surface area contributed by atoms with Gasteiger partial charge in [-0.2, -0.15) is 0 Å². The average molecular weight is 373 g/mol. The largest absolute Gasteiger partial charge is 0.374 e. The fourth-order valence-electron chi connectivity index (χ4n) is 3.07. The van der Waals surface area contributed by atoms with Crippen molar-refractivity contribution in [3.63, 3.8) is 0 Å². The maximum Gasteiger partial charge on any atom is 0.239 e. The van der Waals surface area contributed by atoms with Crippen molar-refractivity contribution in [3.05, 3.63) is 54.6 Å². The number of benzene rings is 2. The van der Waals surface area contributed by atoms with Crippen LogP contribution in [0.2, 0.25) is 0 Å². The number of para-hydroxylation sites is 3. The number of hydrogen-bond donors (Lipinski definition) is 2. The van der Waals surface area contributed by atoms with Crippen LogP contribution in [0.3, 0.4) is 0 Å². The molecule has 0 aromatic heterocycles. The first-order chi connectivity index (χ1) is 12.4. The smallest absolute Gasteiger partial charge is 0.239 e. The molecule has 3 rings (SSSR count). The number of nitrogens with one attached hydrogen (secondary N) is 2. The third kappa shape index (κ3) is 4.54. The Balaban J connectivity index is 1.63. The van der Waals surface area contributed by atoms with Gasteiger partial charge in [-0.3, -0.25) is 4.79 Å². The second kappa shape index (κ2) is 7.78. The van der Waals surface area contributed by atoms with Gasteiger partial charge in [0.15, 0.2) is 9.84 Å². The van der Waals surface area contributed by atoms with Crippen molar-refractivity contribution in [2.45, 2.75) is 12.5 Å². The van der Waals surface area contributed by atoms with Crippen molar-refractivity contribution >= 4 is 32.8 Å². The zero-order valence-electron chi connectivity index (χ0n) is 14.7. The second-order valence-corrected chi connectivity index (χ2v) is 8.66. The molecule has 0 bridgehead atoms. The van der Waals surface area contributed by atoms with Crippen molar-refractivity contribution in [2.75, 3.05) is 35.3 Å². The lowest BCUT2D eigenvalue weighted by Gasteiger charge is -2.23. The monoisotopic (exact) mass is 373 g/mol. The van der Waals surface area contributed by atoms with Crippen LogP contribution in [-0.2, 0) is 14.6 Å². The normalized spacial score (nSPS) is 18.3. The predicted molar refractivity (Wildman–Crippen MR) is 105 cm³/mol. The van der Waals surface area contributed by atoms with Gasteiger partial charge in [-0.1, -0.05) is 30.3 Å². The molecule has 1 aliphatic heterocycles. The summed E-state index contributed by atoms with van der Waals surface area (Å²) in [5, 5.41) is 5.95. The standard InChI is InChI=1S/C19H23N3O3S/c1-22(16-7-3-2-4-8-16)18-10-6-5-9-17(18)20-13-19(23)21-15-11-12-26(24,25)14-15/h2-10,15,20H,11-14H2,1H3,(H,21,23)/t15-/m1/s1. The molecule has 1 amide bonds. The van der Waals surface area contributed by atoms with Gasteiger partial charge in [0.2, 0.25) is 5.91 Å². The van der Waals surface area contributed by atoms with Crippen molar-refractivity contribution in [3.8, 4) is 0 Å². The molecule has 0 unspecified atom stereocenters. The summed E-state index contributed by atoms with van der Waals surface area (Å²) in [6.45, 7) is 0.0934. The minimum atomic E-state index is -3.00. The van der Waals surface area contributed by atoms with E-state index in [1.54, 1.807) is 0 Å². The number of rotatable bonds is 6. The number of amides is 1. The van der Waals surface area contributed by atoms with E-state index in [0.29, 0.717) is 6.42 Å². The van der Waals surface area contributed by atoms with Crippen molar-refractivity contribution in [1.29, 1.82) is 0 Å². The van der Waals surface area contributed by atoms with Gasteiger partial charge in [0, 0.05) is 18.8 Å². The van der Waals surface area contributed by atoms with Crippen LogP contribution >= 0.6 is 0 Å². The van der Waals surface area contributed by atoms with Crippen LogP contribution in [-0.4, -0.2) is 45.5 Å². The fraction of sp³-hybridized carbons (Fsp3) is 0.316. The number of carbonyl (C=O) groups excluding carboxylic acids is 1. The van der Waals surface area contributed by atoms with Gasteiger partial charge in [-0.05, 0) is 30.7 Å². The molecule has 138 valence electrons. The summed E-state index contributed by atoms with van der Waals surface area (Å²) >= 11 is 0. The molecule has 0 spiro atoms. The van der Waals surface area contributed by atoms with Crippen molar-refractivity contribution in [1.82, 2.24) is 5.32 Å². The zero-order valence-corrected chi connectivity index (χ0v) is 15.5. The lowest BCUT2D eigenvalue weighted by Crippen LogP contribution is -2.39. The van der Waals surface area contributed by atoms with E-state index >= 15 is 0 Å². The molecule has 1 saturated heterocycles. The molecule has 2 aromatic carbocycles. The molecular weight excluding hydrogens is 350 g/mol. The zero-order chi connectivity index (χ0) is 18.6. The molecule has 0 saturated carbocycles. The maximum atomic E-state index is 12.2. The van der Waals surface area contributed by atoms with E-state index in [0.717, 1.165) is 17.1 Å². The molecule has 0 aliphatic carbocycles. The number of nitrogens with zero attached hydrogens (tertiary/aromatic N) is 1. The van der Waals surface area contributed by atoms with Crippen LogP contribution < -0.4 is 15.5 Å². The van der Waals surface area contributed by atoms with Crippen molar-refractivity contribution < 1.29 is 13.2 Å². The highest BCUT2D eigenvalue weighted by Crippen LogP contribution is 2.30. The molecule has 1 fully saturated rings. The lowest BCUT2D eigenvalue weighted by molar-refractivity contribution is -0.119. The number of anilines is 3. The Hall–Kier alpha value is -2.54. The van der Waals surface area contributed by atoms with Crippen LogP contribution in [0.1, 0.15) is 6.42 Å². The second-order valence-electron chi connectivity index (χ2n) is 6.43. The van der Waals surface area contributed by atoms with Crippen LogP contribution in [0.15, 0.2) is 54.6 Å².